The molecule has 0 bridgehead atoms. The van der Waals surface area contributed by atoms with Crippen LogP contribution >= 0.6 is 11.8 Å². The van der Waals surface area contributed by atoms with Gasteiger partial charge in [0.1, 0.15) is 0 Å². The molecule has 4 nitrogen and oxygen atoms in total. The van der Waals surface area contributed by atoms with Crippen LogP contribution in [0, 0.1) is 0 Å². The lowest BCUT2D eigenvalue weighted by molar-refractivity contribution is 0.300. The molecule has 1 aliphatic heterocycles. The molecule has 5 heteroatoms. The van der Waals surface area contributed by atoms with Crippen LogP contribution in [0.5, 0.6) is 0 Å². The van der Waals surface area contributed by atoms with Gasteiger partial charge in [-0.3, -0.25) is 4.68 Å². The average Bonchev–Trinajstić information content (AvgIpc) is 2.85. The summed E-state index contributed by atoms with van der Waals surface area (Å²) in [6.45, 7) is 9.88. The molecule has 0 saturated carbocycles. The van der Waals surface area contributed by atoms with Gasteiger partial charge in [0.15, 0.2) is 0 Å². The Bertz CT molecular complexity index is 345. The third kappa shape index (κ3) is 4.30. The van der Waals surface area contributed by atoms with Gasteiger partial charge < -0.3 is 10.2 Å². The molecule has 0 aromatic carbocycles. The predicted molar refractivity (Wildman–Crippen MR) is 78.1 cm³/mol. The van der Waals surface area contributed by atoms with Crippen LogP contribution in [0.25, 0.3) is 0 Å². The van der Waals surface area contributed by atoms with Gasteiger partial charge in [-0.25, -0.2) is 0 Å². The fourth-order valence-corrected chi connectivity index (χ4v) is 3.02. The average molecular weight is 268 g/mol. The maximum absolute atomic E-state index is 4.53. The Morgan fingerprint density at radius 3 is 2.83 bits per heavy atom. The van der Waals surface area contributed by atoms with Crippen molar-refractivity contribution in [2.24, 2.45) is 0 Å². The summed E-state index contributed by atoms with van der Waals surface area (Å²) < 4.78 is 2.01. The van der Waals surface area contributed by atoms with Crippen molar-refractivity contribution in [1.29, 1.82) is 0 Å². The standard InChI is InChI=1S/C13H24N4S/c1-12(2)17-5-3-13(15-17)11-14-4-6-16-7-9-18-10-8-16/h3,5,12,14H,4,6-11H2,1-2H3. The van der Waals surface area contributed by atoms with Crippen molar-refractivity contribution in [2.45, 2.75) is 26.4 Å². The molecular formula is C13H24N4S. The van der Waals surface area contributed by atoms with E-state index in [2.05, 4.69) is 53.2 Å². The van der Waals surface area contributed by atoms with Gasteiger partial charge in [0, 0.05) is 56.5 Å². The van der Waals surface area contributed by atoms with E-state index in [0.717, 1.165) is 25.3 Å². The second-order valence-corrected chi connectivity index (χ2v) is 6.24. The van der Waals surface area contributed by atoms with E-state index in [-0.39, 0.29) is 0 Å². The fourth-order valence-electron chi connectivity index (χ4n) is 2.04. The van der Waals surface area contributed by atoms with Gasteiger partial charge in [-0.1, -0.05) is 0 Å². The van der Waals surface area contributed by atoms with E-state index in [4.69, 9.17) is 0 Å². The summed E-state index contributed by atoms with van der Waals surface area (Å²) in [6, 6.07) is 2.55. The maximum Gasteiger partial charge on any atom is 0.0762 e. The van der Waals surface area contributed by atoms with Crippen LogP contribution in [0.3, 0.4) is 0 Å². The number of hydrogen-bond donors (Lipinski definition) is 1. The molecular weight excluding hydrogens is 244 g/mol. The number of thioether (sulfide) groups is 1. The first-order valence-corrected chi connectivity index (χ1v) is 7.96. The monoisotopic (exact) mass is 268 g/mol. The molecule has 0 spiro atoms. The topological polar surface area (TPSA) is 33.1 Å². The molecule has 0 atom stereocenters. The highest BCUT2D eigenvalue weighted by atomic mass is 32.2. The normalized spacial score (nSPS) is 17.5. The van der Waals surface area contributed by atoms with Crippen LogP contribution in [0.1, 0.15) is 25.6 Å². The van der Waals surface area contributed by atoms with E-state index in [9.17, 15) is 0 Å². The first kappa shape index (κ1) is 13.9. The Morgan fingerprint density at radius 2 is 2.17 bits per heavy atom. The minimum Gasteiger partial charge on any atom is -0.310 e. The maximum atomic E-state index is 4.53. The lowest BCUT2D eigenvalue weighted by atomic mass is 10.4. The van der Waals surface area contributed by atoms with E-state index in [1.54, 1.807) is 0 Å². The number of nitrogens with zero attached hydrogens (tertiary/aromatic N) is 3. The lowest BCUT2D eigenvalue weighted by Crippen LogP contribution is -2.37. The fraction of sp³-hybridized carbons (Fsp3) is 0.769. The zero-order valence-electron chi connectivity index (χ0n) is 11.4. The molecule has 2 heterocycles. The van der Waals surface area contributed by atoms with Crippen molar-refractivity contribution in [2.75, 3.05) is 37.7 Å². The molecule has 0 amide bonds. The Morgan fingerprint density at radius 1 is 1.39 bits per heavy atom. The second-order valence-electron chi connectivity index (χ2n) is 5.01. The second kappa shape index (κ2) is 7.16. The van der Waals surface area contributed by atoms with Crippen LogP contribution in [0.15, 0.2) is 12.3 Å². The predicted octanol–water partition coefficient (Wildman–Crippen LogP) is 1.60. The van der Waals surface area contributed by atoms with Crippen molar-refractivity contribution in [3.8, 4) is 0 Å². The largest absolute Gasteiger partial charge is 0.310 e. The molecule has 1 fully saturated rings. The molecule has 18 heavy (non-hydrogen) atoms. The van der Waals surface area contributed by atoms with Crippen molar-refractivity contribution < 1.29 is 0 Å². The van der Waals surface area contributed by atoms with Crippen molar-refractivity contribution in [3.05, 3.63) is 18.0 Å². The lowest BCUT2D eigenvalue weighted by Gasteiger charge is -2.25. The van der Waals surface area contributed by atoms with Crippen LogP contribution in [-0.2, 0) is 6.54 Å². The van der Waals surface area contributed by atoms with Gasteiger partial charge >= 0.3 is 0 Å². The first-order valence-electron chi connectivity index (χ1n) is 6.80. The van der Waals surface area contributed by atoms with Crippen molar-refractivity contribution in [1.82, 2.24) is 20.0 Å². The van der Waals surface area contributed by atoms with Crippen LogP contribution in [-0.4, -0.2) is 52.4 Å². The summed E-state index contributed by atoms with van der Waals surface area (Å²) in [4.78, 5) is 2.54. The number of hydrogen-bond acceptors (Lipinski definition) is 4. The minimum absolute atomic E-state index is 0.449. The summed E-state index contributed by atoms with van der Waals surface area (Å²) in [5.74, 6) is 2.58. The van der Waals surface area contributed by atoms with E-state index in [1.165, 1.54) is 24.6 Å². The van der Waals surface area contributed by atoms with Crippen LogP contribution in [0.2, 0.25) is 0 Å². The molecule has 0 radical (unpaired) electrons. The molecule has 1 aromatic rings. The van der Waals surface area contributed by atoms with Crippen molar-refractivity contribution in [3.63, 3.8) is 0 Å². The summed E-state index contributed by atoms with van der Waals surface area (Å²) >= 11 is 2.07. The molecule has 1 aliphatic rings. The quantitative estimate of drug-likeness (QED) is 0.795. The number of rotatable bonds is 6. The van der Waals surface area contributed by atoms with Gasteiger partial charge in [0.2, 0.25) is 0 Å². The van der Waals surface area contributed by atoms with E-state index in [1.807, 2.05) is 4.68 Å². The summed E-state index contributed by atoms with van der Waals surface area (Å²) in [6.07, 6.45) is 2.06. The minimum atomic E-state index is 0.449. The van der Waals surface area contributed by atoms with Gasteiger partial charge in [-0.2, -0.15) is 16.9 Å². The summed E-state index contributed by atoms with van der Waals surface area (Å²) in [5, 5.41) is 8.01. The Hall–Kier alpha value is -0.520. The van der Waals surface area contributed by atoms with E-state index >= 15 is 0 Å². The molecule has 0 unspecified atom stereocenters. The third-order valence-corrected chi connectivity index (χ3v) is 4.15. The van der Waals surface area contributed by atoms with E-state index in [0.29, 0.717) is 6.04 Å². The van der Waals surface area contributed by atoms with Crippen LogP contribution < -0.4 is 5.32 Å². The molecule has 102 valence electrons. The molecule has 1 aromatic heterocycles. The molecule has 1 saturated heterocycles. The zero-order chi connectivity index (χ0) is 12.8. The molecule has 0 aliphatic carbocycles. The first-order chi connectivity index (χ1) is 8.75. The smallest absolute Gasteiger partial charge is 0.0762 e. The SMILES string of the molecule is CC(C)n1ccc(CNCCN2CCSCC2)n1. The number of nitrogens with one attached hydrogen (secondary N) is 1. The molecule has 1 N–H and O–H groups in total. The van der Waals surface area contributed by atoms with Crippen LogP contribution in [0.4, 0.5) is 0 Å². The number of aromatic nitrogens is 2. The Labute approximate surface area is 114 Å². The third-order valence-electron chi connectivity index (χ3n) is 3.21. The summed E-state index contributed by atoms with van der Waals surface area (Å²) in [5.41, 5.74) is 1.14. The highest BCUT2D eigenvalue weighted by molar-refractivity contribution is 7.99. The van der Waals surface area contributed by atoms with Crippen molar-refractivity contribution >= 4 is 11.8 Å². The Balaban J connectivity index is 1.62. The van der Waals surface area contributed by atoms with Gasteiger partial charge in [0.05, 0.1) is 5.69 Å². The van der Waals surface area contributed by atoms with Gasteiger partial charge in [-0.05, 0) is 19.9 Å². The highest BCUT2D eigenvalue weighted by Crippen LogP contribution is 2.08. The van der Waals surface area contributed by atoms with Gasteiger partial charge in [0.25, 0.3) is 0 Å². The Kier molecular flexibility index (Phi) is 5.53. The van der Waals surface area contributed by atoms with Gasteiger partial charge in [-0.15, -0.1) is 0 Å². The highest BCUT2D eigenvalue weighted by Gasteiger charge is 2.09. The molecule has 2 rings (SSSR count). The zero-order valence-corrected chi connectivity index (χ0v) is 12.2. The summed E-state index contributed by atoms with van der Waals surface area (Å²) in [7, 11) is 0. The van der Waals surface area contributed by atoms with E-state index < -0.39 is 0 Å².